The summed E-state index contributed by atoms with van der Waals surface area (Å²) in [6.45, 7) is 3.36. The molecule has 1 heterocycles. The molecule has 1 aromatic rings. The lowest BCUT2D eigenvalue weighted by molar-refractivity contribution is 0.571. The smallest absolute Gasteiger partial charge is 0.250 e. The topological polar surface area (TPSA) is 92.6 Å². The van der Waals surface area contributed by atoms with E-state index in [4.69, 9.17) is 0 Å². The Balaban J connectivity index is 2.24. The van der Waals surface area contributed by atoms with Gasteiger partial charge in [-0.2, -0.15) is 0 Å². The van der Waals surface area contributed by atoms with E-state index in [-0.39, 0.29) is 17.4 Å². The molecule has 0 saturated carbocycles. The molecule has 1 rings (SSSR count). The van der Waals surface area contributed by atoms with Crippen molar-refractivity contribution in [1.82, 2.24) is 15.2 Å². The molecule has 1 unspecified atom stereocenters. The van der Waals surface area contributed by atoms with Crippen LogP contribution in [0.3, 0.4) is 0 Å². The van der Waals surface area contributed by atoms with Crippen molar-refractivity contribution in [2.75, 3.05) is 25.6 Å². The Morgan fingerprint density at radius 1 is 1.33 bits per heavy atom. The van der Waals surface area contributed by atoms with Crippen LogP contribution in [0.15, 0.2) is 34.2 Å². The van der Waals surface area contributed by atoms with E-state index in [2.05, 4.69) is 15.6 Å². The van der Waals surface area contributed by atoms with Gasteiger partial charge >= 0.3 is 0 Å². The van der Waals surface area contributed by atoms with Crippen LogP contribution in [0.2, 0.25) is 0 Å². The van der Waals surface area contributed by atoms with Gasteiger partial charge in [-0.15, -0.1) is 0 Å². The number of aryl methyl sites for hydroxylation is 1. The number of rotatable bonds is 9. The first-order valence-corrected chi connectivity index (χ1v) is 10.2. The van der Waals surface area contributed by atoms with Gasteiger partial charge in [-0.1, -0.05) is 6.07 Å². The second-order valence-electron chi connectivity index (χ2n) is 5.90. The number of guanidine groups is 1. The Labute approximate surface area is 144 Å². The van der Waals surface area contributed by atoms with Crippen LogP contribution in [0.25, 0.3) is 0 Å². The Morgan fingerprint density at radius 3 is 2.71 bits per heavy atom. The summed E-state index contributed by atoms with van der Waals surface area (Å²) in [5, 5.41) is 6.38. The number of pyridine rings is 1. The zero-order valence-corrected chi connectivity index (χ0v) is 15.5. The van der Waals surface area contributed by atoms with Crippen LogP contribution in [0.1, 0.15) is 26.2 Å². The second-order valence-corrected chi connectivity index (χ2v) is 8.16. The fourth-order valence-corrected chi connectivity index (χ4v) is 2.93. The van der Waals surface area contributed by atoms with Crippen LogP contribution in [-0.2, 0) is 16.4 Å². The van der Waals surface area contributed by atoms with Crippen LogP contribution in [-0.4, -0.2) is 50.6 Å². The lowest BCUT2D eigenvalue weighted by Gasteiger charge is -2.17. The second kappa shape index (κ2) is 10.1. The standard InChI is InChI=1S/C16H28N4O3S/c1-14(9-13-24(3,22)23)19-16(17-2)18-10-5-7-12-20-11-6-4-8-15(20)21/h4,6,8,11,14H,5,7,9-10,12-13H2,1-3H3,(H2,17,18,19). The van der Waals surface area contributed by atoms with Gasteiger partial charge in [0.2, 0.25) is 5.56 Å². The van der Waals surface area contributed by atoms with Gasteiger partial charge in [0, 0.05) is 44.7 Å². The molecule has 7 nitrogen and oxygen atoms in total. The van der Waals surface area contributed by atoms with Gasteiger partial charge in [-0.25, -0.2) is 8.42 Å². The van der Waals surface area contributed by atoms with Crippen LogP contribution >= 0.6 is 0 Å². The van der Waals surface area contributed by atoms with Crippen LogP contribution in [0, 0.1) is 0 Å². The molecule has 0 bridgehead atoms. The lowest BCUT2D eigenvalue weighted by atomic mass is 10.2. The van der Waals surface area contributed by atoms with E-state index in [1.807, 2.05) is 13.0 Å². The largest absolute Gasteiger partial charge is 0.356 e. The summed E-state index contributed by atoms with van der Waals surface area (Å²) in [7, 11) is -1.26. The highest BCUT2D eigenvalue weighted by atomic mass is 32.2. The Morgan fingerprint density at radius 2 is 2.08 bits per heavy atom. The SMILES string of the molecule is CN=C(NCCCCn1ccccc1=O)NC(C)CCS(C)(=O)=O. The zero-order valence-electron chi connectivity index (χ0n) is 14.7. The van der Waals surface area contributed by atoms with Gasteiger partial charge in [0.05, 0.1) is 5.75 Å². The quantitative estimate of drug-likeness (QED) is 0.384. The Bertz CT molecular complexity index is 683. The first-order chi connectivity index (χ1) is 11.3. The zero-order chi connectivity index (χ0) is 18.0. The minimum absolute atomic E-state index is 0.0163. The van der Waals surface area contributed by atoms with E-state index in [0.717, 1.165) is 19.4 Å². The maximum absolute atomic E-state index is 11.6. The average Bonchev–Trinajstić information content (AvgIpc) is 2.52. The third-order valence-electron chi connectivity index (χ3n) is 3.55. The van der Waals surface area contributed by atoms with Crippen molar-refractivity contribution in [3.05, 3.63) is 34.7 Å². The van der Waals surface area contributed by atoms with E-state index in [0.29, 0.717) is 18.9 Å². The maximum Gasteiger partial charge on any atom is 0.250 e. The number of hydrogen-bond acceptors (Lipinski definition) is 4. The molecule has 136 valence electrons. The molecular weight excluding hydrogens is 328 g/mol. The number of hydrogen-bond donors (Lipinski definition) is 2. The summed E-state index contributed by atoms with van der Waals surface area (Å²) in [6.07, 6.45) is 5.36. The van der Waals surface area contributed by atoms with Gasteiger partial charge in [-0.3, -0.25) is 9.79 Å². The van der Waals surface area contributed by atoms with Crippen LogP contribution < -0.4 is 16.2 Å². The Hall–Kier alpha value is -1.83. The molecule has 0 aliphatic carbocycles. The van der Waals surface area contributed by atoms with E-state index < -0.39 is 9.84 Å². The molecular formula is C16H28N4O3S. The van der Waals surface area contributed by atoms with Gasteiger partial charge in [0.25, 0.3) is 0 Å². The van der Waals surface area contributed by atoms with Crippen molar-refractivity contribution in [3.8, 4) is 0 Å². The predicted octanol–water partition coefficient (Wildman–Crippen LogP) is 0.617. The first-order valence-electron chi connectivity index (χ1n) is 8.12. The lowest BCUT2D eigenvalue weighted by Crippen LogP contribution is -2.43. The van der Waals surface area contributed by atoms with E-state index in [1.54, 1.807) is 29.9 Å². The molecule has 0 aliphatic rings. The highest BCUT2D eigenvalue weighted by Crippen LogP contribution is 1.96. The molecule has 8 heteroatoms. The summed E-state index contributed by atoms with van der Waals surface area (Å²) in [5.41, 5.74) is 0.0163. The minimum atomic E-state index is -2.94. The Kier molecular flexibility index (Phi) is 8.53. The molecule has 1 atom stereocenters. The summed E-state index contributed by atoms with van der Waals surface area (Å²) < 4.78 is 24.1. The molecule has 2 N–H and O–H groups in total. The monoisotopic (exact) mass is 356 g/mol. The summed E-state index contributed by atoms with van der Waals surface area (Å²) >= 11 is 0. The van der Waals surface area contributed by atoms with Crippen molar-refractivity contribution < 1.29 is 8.42 Å². The molecule has 0 spiro atoms. The van der Waals surface area contributed by atoms with Crippen molar-refractivity contribution in [3.63, 3.8) is 0 Å². The predicted molar refractivity (Wildman–Crippen MR) is 98.2 cm³/mol. The van der Waals surface area contributed by atoms with Crippen molar-refractivity contribution in [2.24, 2.45) is 4.99 Å². The number of unbranched alkanes of at least 4 members (excludes halogenated alkanes) is 1. The van der Waals surface area contributed by atoms with Gasteiger partial charge < -0.3 is 15.2 Å². The summed E-state index contributed by atoms with van der Waals surface area (Å²) in [5.74, 6) is 0.817. The van der Waals surface area contributed by atoms with Gasteiger partial charge in [0.1, 0.15) is 9.84 Å². The van der Waals surface area contributed by atoms with Crippen LogP contribution in [0.4, 0.5) is 0 Å². The molecule has 0 fully saturated rings. The molecule has 0 aromatic carbocycles. The molecule has 0 saturated heterocycles. The van der Waals surface area contributed by atoms with Crippen molar-refractivity contribution >= 4 is 15.8 Å². The highest BCUT2D eigenvalue weighted by molar-refractivity contribution is 7.90. The van der Waals surface area contributed by atoms with E-state index >= 15 is 0 Å². The normalized spacial score (nSPS) is 13.5. The van der Waals surface area contributed by atoms with Gasteiger partial charge in [0.15, 0.2) is 5.96 Å². The number of nitrogens with zero attached hydrogens (tertiary/aromatic N) is 2. The summed E-state index contributed by atoms with van der Waals surface area (Å²) in [6, 6.07) is 5.17. The van der Waals surface area contributed by atoms with Crippen molar-refractivity contribution in [1.29, 1.82) is 0 Å². The molecule has 1 aromatic heterocycles. The molecule has 0 amide bonds. The van der Waals surface area contributed by atoms with E-state index in [9.17, 15) is 13.2 Å². The summed E-state index contributed by atoms with van der Waals surface area (Å²) in [4.78, 5) is 15.7. The molecule has 0 aliphatic heterocycles. The number of aromatic nitrogens is 1. The number of sulfone groups is 1. The highest BCUT2D eigenvalue weighted by Gasteiger charge is 2.09. The third kappa shape index (κ3) is 8.71. The van der Waals surface area contributed by atoms with E-state index in [1.165, 1.54) is 6.26 Å². The minimum Gasteiger partial charge on any atom is -0.356 e. The van der Waals surface area contributed by atoms with Gasteiger partial charge in [-0.05, 0) is 32.3 Å². The maximum atomic E-state index is 11.6. The molecule has 24 heavy (non-hydrogen) atoms. The molecule has 0 radical (unpaired) electrons. The average molecular weight is 356 g/mol. The fourth-order valence-electron chi connectivity index (χ4n) is 2.15. The fraction of sp³-hybridized carbons (Fsp3) is 0.625. The van der Waals surface area contributed by atoms with Crippen molar-refractivity contribution in [2.45, 2.75) is 38.8 Å². The number of aliphatic imine (C=N–C) groups is 1. The van der Waals surface area contributed by atoms with Crippen LogP contribution in [0.5, 0.6) is 0 Å². The first kappa shape index (κ1) is 20.2. The third-order valence-corrected chi connectivity index (χ3v) is 4.52. The number of nitrogens with one attached hydrogen (secondary N) is 2.